The van der Waals surface area contributed by atoms with Gasteiger partial charge in [0.2, 0.25) is 5.39 Å². The lowest BCUT2D eigenvalue weighted by Gasteiger charge is -1.92. The van der Waals surface area contributed by atoms with E-state index in [-0.39, 0.29) is 16.8 Å². The van der Waals surface area contributed by atoms with E-state index >= 15 is 0 Å². The fourth-order valence-electron chi connectivity index (χ4n) is 2.13. The number of benzene rings is 1. The maximum atomic E-state index is 12.5. The molecule has 8 heteroatoms. The van der Waals surface area contributed by atoms with Crippen molar-refractivity contribution in [2.24, 2.45) is 0 Å². The third-order valence-electron chi connectivity index (χ3n) is 2.95. The Kier molecular flexibility index (Phi) is 1.80. The lowest BCUT2D eigenvalue weighted by Crippen LogP contribution is -2.12. The monoisotopic (exact) mass is 269 g/mol. The fraction of sp³-hybridized carbons (Fsp3) is 0. The second-order valence-corrected chi connectivity index (χ2v) is 4.98. The van der Waals surface area contributed by atoms with E-state index in [9.17, 15) is 4.79 Å². The van der Waals surface area contributed by atoms with Crippen LogP contribution in [0.3, 0.4) is 0 Å². The Morgan fingerprint density at radius 2 is 2.21 bits per heavy atom. The van der Waals surface area contributed by atoms with Crippen molar-refractivity contribution >= 4 is 43.4 Å². The number of aromatic nitrogens is 4. The standard InChI is InChI=1S/C11H4N6OS/c12-14-9-7-8(15-16-9)13-11-17(10(7)18)5-3-1-2-4-6(5)19-11/h1-4H/p+1. The van der Waals surface area contributed by atoms with E-state index in [4.69, 9.17) is 5.39 Å². The molecule has 19 heavy (non-hydrogen) atoms. The summed E-state index contributed by atoms with van der Waals surface area (Å²) in [5, 5.41) is 15.4. The number of H-pyrrole nitrogens is 1. The average Bonchev–Trinajstić information content (AvgIpc) is 2.99. The zero-order valence-corrected chi connectivity index (χ0v) is 10.2. The number of nitrogens with zero attached hydrogens (tertiary/aromatic N) is 5. The molecule has 3 heterocycles. The summed E-state index contributed by atoms with van der Waals surface area (Å²) < 4.78 is 2.47. The Bertz CT molecular complexity index is 1050. The molecule has 0 aliphatic carbocycles. The van der Waals surface area contributed by atoms with Gasteiger partial charge in [0, 0.05) is 4.98 Å². The van der Waals surface area contributed by atoms with E-state index in [0.29, 0.717) is 10.6 Å². The van der Waals surface area contributed by atoms with Crippen molar-refractivity contribution < 1.29 is 0 Å². The van der Waals surface area contributed by atoms with Crippen LogP contribution in [0.2, 0.25) is 0 Å². The zero-order valence-electron chi connectivity index (χ0n) is 9.36. The predicted octanol–water partition coefficient (Wildman–Crippen LogP) is 2.27. The highest BCUT2D eigenvalue weighted by Crippen LogP contribution is 2.26. The molecule has 1 N–H and O–H groups in total. The molecule has 0 fully saturated rings. The van der Waals surface area contributed by atoms with Crippen molar-refractivity contribution in [3.63, 3.8) is 0 Å². The Hall–Kier alpha value is -2.79. The topological polar surface area (TPSA) is 91.2 Å². The van der Waals surface area contributed by atoms with E-state index in [1.807, 2.05) is 24.3 Å². The molecule has 4 rings (SSSR count). The maximum Gasteiger partial charge on any atom is 0.502 e. The molecule has 4 aromatic rings. The number of thiazole rings is 1. The molecule has 0 spiro atoms. The summed E-state index contributed by atoms with van der Waals surface area (Å²) >= 11 is 1.42. The highest BCUT2D eigenvalue weighted by Gasteiger charge is 2.24. The fourth-order valence-corrected chi connectivity index (χ4v) is 3.14. The van der Waals surface area contributed by atoms with Gasteiger partial charge < -0.3 is 0 Å². The zero-order chi connectivity index (χ0) is 13.0. The van der Waals surface area contributed by atoms with Gasteiger partial charge in [-0.25, -0.2) is 4.40 Å². The van der Waals surface area contributed by atoms with E-state index in [1.54, 1.807) is 0 Å². The second-order valence-electron chi connectivity index (χ2n) is 3.98. The van der Waals surface area contributed by atoms with Crippen LogP contribution in [0.25, 0.3) is 31.2 Å². The third-order valence-corrected chi connectivity index (χ3v) is 3.97. The number of fused-ring (bicyclic) bond motifs is 4. The molecule has 0 bridgehead atoms. The molecular formula is C11H5N6OS+. The molecule has 0 radical (unpaired) electrons. The van der Waals surface area contributed by atoms with Gasteiger partial charge in [-0.05, 0) is 12.1 Å². The smallest absolute Gasteiger partial charge is 0.268 e. The summed E-state index contributed by atoms with van der Waals surface area (Å²) in [5.74, 6) is -0.0443. The van der Waals surface area contributed by atoms with Gasteiger partial charge in [-0.2, -0.15) is 10.1 Å². The normalized spacial score (nSPS) is 11.3. The minimum atomic E-state index is -0.293. The number of nitrogens with one attached hydrogen (secondary N) is 1. The van der Waals surface area contributed by atoms with Crippen molar-refractivity contribution in [3.8, 4) is 0 Å². The molecule has 0 saturated heterocycles. The quantitative estimate of drug-likeness (QED) is 0.496. The summed E-state index contributed by atoms with van der Waals surface area (Å²) in [7, 11) is 0. The Balaban J connectivity index is 2.37. The van der Waals surface area contributed by atoms with E-state index in [0.717, 1.165) is 10.2 Å². The maximum absolute atomic E-state index is 12.5. The van der Waals surface area contributed by atoms with Crippen LogP contribution in [-0.2, 0) is 0 Å². The molecule has 0 saturated carbocycles. The van der Waals surface area contributed by atoms with Gasteiger partial charge in [-0.3, -0.25) is 4.79 Å². The first-order valence-corrected chi connectivity index (χ1v) is 6.25. The molecular weight excluding hydrogens is 264 g/mol. The SMILES string of the molecule is N#[N+]c1n[nH]c2nc3sc4ccccc4n3c(=O)c12. The third kappa shape index (κ3) is 1.19. The van der Waals surface area contributed by atoms with Crippen molar-refractivity contribution in [2.45, 2.75) is 0 Å². The molecule has 7 nitrogen and oxygen atoms in total. The van der Waals surface area contributed by atoms with Crippen molar-refractivity contribution in [1.29, 1.82) is 5.39 Å². The van der Waals surface area contributed by atoms with Gasteiger partial charge in [0.25, 0.3) is 5.56 Å². The van der Waals surface area contributed by atoms with E-state index in [2.05, 4.69) is 20.2 Å². The van der Waals surface area contributed by atoms with Gasteiger partial charge >= 0.3 is 5.82 Å². The highest BCUT2D eigenvalue weighted by molar-refractivity contribution is 7.23. The van der Waals surface area contributed by atoms with Crippen LogP contribution in [0.4, 0.5) is 5.82 Å². The van der Waals surface area contributed by atoms with Gasteiger partial charge in [0.1, 0.15) is 0 Å². The minimum absolute atomic E-state index is 0.0443. The van der Waals surface area contributed by atoms with Crippen LogP contribution in [-0.4, -0.2) is 19.6 Å². The van der Waals surface area contributed by atoms with E-state index in [1.165, 1.54) is 15.7 Å². The first-order valence-electron chi connectivity index (χ1n) is 5.43. The number of para-hydroxylation sites is 1. The Labute approximate surface area is 108 Å². The van der Waals surface area contributed by atoms with Gasteiger partial charge in [-0.15, -0.1) is 0 Å². The Morgan fingerprint density at radius 1 is 1.37 bits per heavy atom. The molecule has 90 valence electrons. The summed E-state index contributed by atoms with van der Waals surface area (Å²) in [6.07, 6.45) is 0. The van der Waals surface area contributed by atoms with Crippen molar-refractivity contribution in [1.82, 2.24) is 19.6 Å². The van der Waals surface area contributed by atoms with Crippen LogP contribution >= 0.6 is 11.3 Å². The minimum Gasteiger partial charge on any atom is -0.268 e. The van der Waals surface area contributed by atoms with Gasteiger partial charge in [-0.1, -0.05) is 23.5 Å². The molecule has 0 unspecified atom stereocenters. The summed E-state index contributed by atoms with van der Waals surface area (Å²) in [4.78, 5) is 20.4. The molecule has 1 aromatic carbocycles. The Morgan fingerprint density at radius 3 is 3.05 bits per heavy atom. The van der Waals surface area contributed by atoms with Crippen molar-refractivity contribution in [3.05, 3.63) is 39.6 Å². The lowest BCUT2D eigenvalue weighted by atomic mass is 10.3. The summed E-state index contributed by atoms with van der Waals surface area (Å²) in [6, 6.07) is 7.55. The molecule has 0 aliphatic rings. The predicted molar refractivity (Wildman–Crippen MR) is 71.2 cm³/mol. The van der Waals surface area contributed by atoms with Gasteiger partial charge in [0.15, 0.2) is 10.6 Å². The van der Waals surface area contributed by atoms with Crippen LogP contribution in [0, 0.1) is 5.39 Å². The largest absolute Gasteiger partial charge is 0.502 e. The van der Waals surface area contributed by atoms with Gasteiger partial charge in [0.05, 0.1) is 20.7 Å². The molecule has 0 amide bonds. The first-order chi connectivity index (χ1) is 9.29. The van der Waals surface area contributed by atoms with Crippen LogP contribution in [0.15, 0.2) is 29.1 Å². The highest BCUT2D eigenvalue weighted by atomic mass is 32.1. The van der Waals surface area contributed by atoms with Crippen LogP contribution in [0.5, 0.6) is 0 Å². The van der Waals surface area contributed by atoms with Crippen LogP contribution < -0.4 is 5.56 Å². The number of rotatable bonds is 0. The summed E-state index contributed by atoms with van der Waals surface area (Å²) in [6.45, 7) is 0. The number of hydrogen-bond acceptors (Lipinski definition) is 5. The van der Waals surface area contributed by atoms with Crippen molar-refractivity contribution in [2.75, 3.05) is 0 Å². The second kappa shape index (κ2) is 3.37. The number of aromatic amines is 1. The average molecular weight is 269 g/mol. The number of diazo groups is 1. The molecule has 0 aliphatic heterocycles. The van der Waals surface area contributed by atoms with Crippen LogP contribution in [0.1, 0.15) is 0 Å². The number of hydrogen-bond donors (Lipinski definition) is 1. The first kappa shape index (κ1) is 10.2. The summed E-state index contributed by atoms with van der Waals surface area (Å²) in [5.41, 5.74) is 0.815. The van der Waals surface area contributed by atoms with E-state index < -0.39 is 0 Å². The molecule has 0 atom stereocenters. The lowest BCUT2D eigenvalue weighted by molar-refractivity contribution is 1.10. The molecule has 3 aromatic heterocycles.